The third kappa shape index (κ3) is 4.05. The van der Waals surface area contributed by atoms with E-state index in [-0.39, 0.29) is 23.9 Å². The number of nitrogens with one attached hydrogen (secondary N) is 2. The van der Waals surface area contributed by atoms with E-state index in [0.717, 1.165) is 19.4 Å². The Kier molecular flexibility index (Phi) is 5.50. The molecule has 1 aliphatic heterocycles. The molecular formula is C14H24N2O. The molecule has 96 valence electrons. The Hall–Kier alpha value is -1.01. The van der Waals surface area contributed by atoms with Crippen LogP contribution >= 0.6 is 0 Å². The summed E-state index contributed by atoms with van der Waals surface area (Å²) < 4.78 is 0. The van der Waals surface area contributed by atoms with E-state index >= 15 is 0 Å². The lowest BCUT2D eigenvalue weighted by atomic mass is 9.90. The van der Waals surface area contributed by atoms with Gasteiger partial charge in [-0.2, -0.15) is 0 Å². The number of hydrogen-bond acceptors (Lipinski definition) is 2. The van der Waals surface area contributed by atoms with Crippen molar-refractivity contribution in [3.63, 3.8) is 0 Å². The van der Waals surface area contributed by atoms with Gasteiger partial charge < -0.3 is 10.6 Å². The van der Waals surface area contributed by atoms with E-state index in [0.29, 0.717) is 5.92 Å². The van der Waals surface area contributed by atoms with Crippen LogP contribution in [0.3, 0.4) is 0 Å². The largest absolute Gasteiger partial charge is 0.341 e. The van der Waals surface area contributed by atoms with Gasteiger partial charge in [-0.3, -0.25) is 4.79 Å². The first-order chi connectivity index (χ1) is 8.08. The van der Waals surface area contributed by atoms with E-state index in [2.05, 4.69) is 23.5 Å². The summed E-state index contributed by atoms with van der Waals surface area (Å²) in [6.45, 7) is 7.16. The predicted octanol–water partition coefficient (Wildman–Crippen LogP) is 1.54. The highest BCUT2D eigenvalue weighted by molar-refractivity contribution is 5.82. The summed E-state index contributed by atoms with van der Waals surface area (Å²) in [5.74, 6) is 3.63. The first-order valence-corrected chi connectivity index (χ1v) is 6.58. The van der Waals surface area contributed by atoms with E-state index < -0.39 is 0 Å². The minimum atomic E-state index is -0.161. The van der Waals surface area contributed by atoms with Crippen LogP contribution in [-0.2, 0) is 4.79 Å². The highest BCUT2D eigenvalue weighted by Gasteiger charge is 2.27. The summed E-state index contributed by atoms with van der Waals surface area (Å²) >= 11 is 0. The number of carbonyl (C=O) groups excluding carboxylic acids is 1. The number of hydrogen-bond donors (Lipinski definition) is 2. The number of piperidine rings is 1. The molecule has 3 nitrogen and oxygen atoms in total. The molecule has 1 rings (SSSR count). The second kappa shape index (κ2) is 6.66. The van der Waals surface area contributed by atoms with Crippen LogP contribution in [0.15, 0.2) is 0 Å². The van der Waals surface area contributed by atoms with Crippen molar-refractivity contribution in [1.29, 1.82) is 0 Å². The summed E-state index contributed by atoms with van der Waals surface area (Å²) in [5, 5.41) is 6.21. The fourth-order valence-corrected chi connectivity index (χ4v) is 2.22. The lowest BCUT2D eigenvalue weighted by Gasteiger charge is -2.30. The molecule has 1 aliphatic rings. The summed E-state index contributed by atoms with van der Waals surface area (Å²) in [6, 6.07) is -0.227. The van der Waals surface area contributed by atoms with Gasteiger partial charge in [0.2, 0.25) is 5.91 Å². The van der Waals surface area contributed by atoms with E-state index in [1.54, 1.807) is 0 Å². The molecule has 0 aliphatic carbocycles. The third-order valence-electron chi connectivity index (χ3n) is 3.55. The average Bonchev–Trinajstić information content (AvgIpc) is 2.35. The van der Waals surface area contributed by atoms with Crippen LogP contribution in [0, 0.1) is 24.2 Å². The summed E-state index contributed by atoms with van der Waals surface area (Å²) in [7, 11) is 0. The second-order valence-corrected chi connectivity index (χ2v) is 5.20. The molecule has 2 N–H and O–H groups in total. The van der Waals surface area contributed by atoms with Crippen LogP contribution in [-0.4, -0.2) is 24.5 Å². The van der Waals surface area contributed by atoms with E-state index in [1.165, 1.54) is 6.42 Å². The topological polar surface area (TPSA) is 41.1 Å². The number of carbonyl (C=O) groups is 1. The molecule has 0 saturated carbocycles. The highest BCUT2D eigenvalue weighted by Crippen LogP contribution is 2.19. The van der Waals surface area contributed by atoms with E-state index in [4.69, 9.17) is 6.42 Å². The van der Waals surface area contributed by atoms with Gasteiger partial charge in [-0.15, -0.1) is 6.42 Å². The summed E-state index contributed by atoms with van der Waals surface area (Å²) in [4.78, 5) is 12.1. The molecule has 3 atom stereocenters. The summed E-state index contributed by atoms with van der Waals surface area (Å²) in [6.07, 6.45) is 8.66. The van der Waals surface area contributed by atoms with Crippen LogP contribution in [0.25, 0.3) is 0 Å². The maximum atomic E-state index is 12.1. The fourth-order valence-electron chi connectivity index (χ4n) is 2.22. The zero-order valence-corrected chi connectivity index (χ0v) is 11.1. The van der Waals surface area contributed by atoms with Gasteiger partial charge in [0.25, 0.3) is 0 Å². The van der Waals surface area contributed by atoms with Crippen molar-refractivity contribution in [2.45, 2.75) is 52.1 Å². The van der Waals surface area contributed by atoms with Gasteiger partial charge in [-0.25, -0.2) is 0 Å². The van der Waals surface area contributed by atoms with Crippen LogP contribution < -0.4 is 10.6 Å². The lowest BCUT2D eigenvalue weighted by Crippen LogP contribution is -2.51. The molecule has 1 fully saturated rings. The Bertz CT molecular complexity index is 293. The molecule has 1 amide bonds. The van der Waals surface area contributed by atoms with Crippen molar-refractivity contribution in [2.24, 2.45) is 11.8 Å². The van der Waals surface area contributed by atoms with Crippen molar-refractivity contribution in [3.05, 3.63) is 0 Å². The van der Waals surface area contributed by atoms with Crippen LogP contribution in [0.2, 0.25) is 0 Å². The first-order valence-electron chi connectivity index (χ1n) is 6.58. The van der Waals surface area contributed by atoms with Crippen LogP contribution in [0.4, 0.5) is 0 Å². The number of amides is 1. The van der Waals surface area contributed by atoms with Gasteiger partial charge in [0.1, 0.15) is 0 Å². The SMILES string of the molecule is C#CC(NC(=O)C1CC(CC)CCN1)C(C)C. The quantitative estimate of drug-likeness (QED) is 0.727. The minimum absolute atomic E-state index is 0.0554. The van der Waals surface area contributed by atoms with E-state index in [1.807, 2.05) is 13.8 Å². The summed E-state index contributed by atoms with van der Waals surface area (Å²) in [5.41, 5.74) is 0. The zero-order valence-electron chi connectivity index (χ0n) is 11.1. The van der Waals surface area contributed by atoms with Crippen molar-refractivity contribution in [3.8, 4) is 12.3 Å². The fraction of sp³-hybridized carbons (Fsp3) is 0.786. The van der Waals surface area contributed by atoms with Gasteiger partial charge in [0.05, 0.1) is 12.1 Å². The number of rotatable bonds is 4. The molecular weight excluding hydrogens is 212 g/mol. The molecule has 17 heavy (non-hydrogen) atoms. The normalized spacial score (nSPS) is 26.3. The predicted molar refractivity (Wildman–Crippen MR) is 70.4 cm³/mol. The number of terminal acetylenes is 1. The molecule has 1 saturated heterocycles. The van der Waals surface area contributed by atoms with Crippen LogP contribution in [0.5, 0.6) is 0 Å². The van der Waals surface area contributed by atoms with Crippen molar-refractivity contribution in [1.82, 2.24) is 10.6 Å². The lowest BCUT2D eigenvalue weighted by molar-refractivity contribution is -0.124. The first kappa shape index (κ1) is 14.1. The van der Waals surface area contributed by atoms with Gasteiger partial charge in [0.15, 0.2) is 0 Å². The smallest absolute Gasteiger partial charge is 0.238 e. The average molecular weight is 236 g/mol. The van der Waals surface area contributed by atoms with Gasteiger partial charge in [-0.05, 0) is 31.2 Å². The molecule has 0 bridgehead atoms. The van der Waals surface area contributed by atoms with Gasteiger partial charge >= 0.3 is 0 Å². The zero-order chi connectivity index (χ0) is 12.8. The standard InChI is InChI=1S/C14H24N2O/c1-5-11-7-8-15-13(9-11)14(17)16-12(6-2)10(3)4/h2,10-13,15H,5,7-9H2,1,3-4H3,(H,16,17). The van der Waals surface area contributed by atoms with Crippen molar-refractivity contribution < 1.29 is 4.79 Å². The Morgan fingerprint density at radius 1 is 1.59 bits per heavy atom. The Morgan fingerprint density at radius 2 is 2.29 bits per heavy atom. The van der Waals surface area contributed by atoms with Gasteiger partial charge in [0, 0.05) is 0 Å². The Morgan fingerprint density at radius 3 is 2.82 bits per heavy atom. The van der Waals surface area contributed by atoms with Crippen molar-refractivity contribution in [2.75, 3.05) is 6.54 Å². The molecule has 3 unspecified atom stereocenters. The molecule has 0 spiro atoms. The molecule has 0 radical (unpaired) electrons. The Balaban J connectivity index is 2.49. The minimum Gasteiger partial charge on any atom is -0.341 e. The second-order valence-electron chi connectivity index (χ2n) is 5.20. The van der Waals surface area contributed by atoms with Crippen LogP contribution in [0.1, 0.15) is 40.0 Å². The maximum Gasteiger partial charge on any atom is 0.238 e. The highest BCUT2D eigenvalue weighted by atomic mass is 16.2. The molecule has 1 heterocycles. The molecule has 0 aromatic rings. The monoisotopic (exact) mass is 236 g/mol. The van der Waals surface area contributed by atoms with Crippen molar-refractivity contribution >= 4 is 5.91 Å². The maximum absolute atomic E-state index is 12.1. The molecule has 3 heteroatoms. The van der Waals surface area contributed by atoms with E-state index in [9.17, 15) is 4.79 Å². The molecule has 0 aromatic carbocycles. The van der Waals surface area contributed by atoms with Gasteiger partial charge in [-0.1, -0.05) is 33.1 Å². The molecule has 0 aromatic heterocycles. The third-order valence-corrected chi connectivity index (χ3v) is 3.55. The Labute approximate surface area is 105 Å².